The maximum Gasteiger partial charge on any atom is 0.250 e. The summed E-state index contributed by atoms with van der Waals surface area (Å²) in [6.45, 7) is 9.91. The first-order valence-corrected chi connectivity index (χ1v) is 11.3. The summed E-state index contributed by atoms with van der Waals surface area (Å²) in [5.74, 6) is -0.456. The van der Waals surface area contributed by atoms with Crippen LogP contribution < -0.4 is 10.6 Å². The summed E-state index contributed by atoms with van der Waals surface area (Å²) in [4.78, 5) is 17.6. The van der Waals surface area contributed by atoms with E-state index in [0.717, 1.165) is 33.8 Å². The SMILES string of the molecule is CC[C@@]1(c2cccc(-c3cc(C)ncc3F)c2)C2=C(CC(C)(C)NC2=O)NC2N=NC(C)=C21. The lowest BCUT2D eigenvalue weighted by Crippen LogP contribution is -2.58. The molecule has 7 heteroatoms. The second kappa shape index (κ2) is 7.33. The topological polar surface area (TPSA) is 78.7 Å². The Hall–Kier alpha value is -3.35. The van der Waals surface area contributed by atoms with Crippen molar-refractivity contribution in [3.05, 3.63) is 76.1 Å². The molecule has 0 aliphatic carbocycles. The van der Waals surface area contributed by atoms with Crippen LogP contribution in [-0.2, 0) is 10.2 Å². The van der Waals surface area contributed by atoms with Crippen LogP contribution in [0.4, 0.5) is 4.39 Å². The third kappa shape index (κ3) is 3.21. The molecular weight excluding hydrogens is 417 g/mol. The Balaban J connectivity index is 1.78. The van der Waals surface area contributed by atoms with Crippen molar-refractivity contribution >= 4 is 5.91 Å². The fourth-order valence-electron chi connectivity index (χ4n) is 5.64. The number of nitrogens with zero attached hydrogens (tertiary/aromatic N) is 3. The number of hydrogen-bond donors (Lipinski definition) is 2. The first-order valence-electron chi connectivity index (χ1n) is 11.3. The Labute approximate surface area is 193 Å². The quantitative estimate of drug-likeness (QED) is 0.693. The van der Waals surface area contributed by atoms with Gasteiger partial charge in [-0.2, -0.15) is 10.2 Å². The first kappa shape index (κ1) is 21.5. The molecular formula is C26H28FN5O. The van der Waals surface area contributed by atoms with Crippen molar-refractivity contribution in [2.24, 2.45) is 10.2 Å². The average Bonchev–Trinajstić information content (AvgIpc) is 3.14. The van der Waals surface area contributed by atoms with Crippen molar-refractivity contribution in [1.82, 2.24) is 15.6 Å². The van der Waals surface area contributed by atoms with Gasteiger partial charge in [-0.25, -0.2) is 4.39 Å². The number of rotatable bonds is 3. The maximum absolute atomic E-state index is 14.7. The summed E-state index contributed by atoms with van der Waals surface area (Å²) >= 11 is 0. The molecule has 1 aromatic carbocycles. The number of aromatic nitrogens is 1. The van der Waals surface area contributed by atoms with Gasteiger partial charge >= 0.3 is 0 Å². The number of fused-ring (bicyclic) bond motifs is 1. The first-order chi connectivity index (χ1) is 15.7. The molecule has 3 aliphatic rings. The Bertz CT molecular complexity index is 1280. The van der Waals surface area contributed by atoms with Gasteiger partial charge in [0.1, 0.15) is 5.82 Å². The van der Waals surface area contributed by atoms with Crippen LogP contribution in [0, 0.1) is 12.7 Å². The summed E-state index contributed by atoms with van der Waals surface area (Å²) < 4.78 is 14.7. The molecule has 0 bridgehead atoms. The number of allylic oxidation sites excluding steroid dienone is 1. The normalized spacial score (nSPS) is 25.5. The highest BCUT2D eigenvalue weighted by Gasteiger charge is 2.54. The van der Waals surface area contributed by atoms with Gasteiger partial charge in [0, 0.05) is 34.5 Å². The van der Waals surface area contributed by atoms with Crippen molar-refractivity contribution in [2.75, 3.05) is 0 Å². The number of aryl methyl sites for hydroxylation is 1. The number of azo groups is 1. The molecule has 0 saturated carbocycles. The molecule has 6 nitrogen and oxygen atoms in total. The standard InChI is InChI=1S/C26H28FN5O/c1-6-26(17-9-7-8-16(11-17)18-10-14(2)28-13-19(18)27)21-15(3)31-32-23(21)29-20-12-25(4,5)30-24(33)22(20)26/h7-11,13,23,29H,6,12H2,1-5H3,(H,30,33)/t23?,26-/m0/s1. The highest BCUT2D eigenvalue weighted by Crippen LogP contribution is 2.53. The van der Waals surface area contributed by atoms with Crippen molar-refractivity contribution in [3.63, 3.8) is 0 Å². The highest BCUT2D eigenvalue weighted by molar-refractivity contribution is 6.00. The molecule has 0 fully saturated rings. The van der Waals surface area contributed by atoms with Gasteiger partial charge in [-0.3, -0.25) is 9.78 Å². The van der Waals surface area contributed by atoms with E-state index in [4.69, 9.17) is 0 Å². The van der Waals surface area contributed by atoms with Crippen molar-refractivity contribution in [1.29, 1.82) is 0 Å². The third-order valence-electron chi connectivity index (χ3n) is 6.97. The number of hydrogen-bond acceptors (Lipinski definition) is 5. The molecule has 0 spiro atoms. The maximum atomic E-state index is 14.7. The number of benzene rings is 1. The van der Waals surface area contributed by atoms with Gasteiger partial charge in [0.15, 0.2) is 6.17 Å². The van der Waals surface area contributed by atoms with Crippen LogP contribution in [0.1, 0.15) is 51.8 Å². The van der Waals surface area contributed by atoms with Gasteiger partial charge in [-0.05, 0) is 57.4 Å². The second-order valence-corrected chi connectivity index (χ2v) is 9.77. The summed E-state index contributed by atoms with van der Waals surface area (Å²) in [6, 6.07) is 9.60. The summed E-state index contributed by atoms with van der Waals surface area (Å²) in [7, 11) is 0. The largest absolute Gasteiger partial charge is 0.362 e. The van der Waals surface area contributed by atoms with E-state index in [2.05, 4.69) is 32.8 Å². The Morgan fingerprint density at radius 2 is 2.00 bits per heavy atom. The highest BCUT2D eigenvalue weighted by atomic mass is 19.1. The molecule has 3 aliphatic heterocycles. The van der Waals surface area contributed by atoms with E-state index in [1.54, 1.807) is 6.07 Å². The molecule has 0 radical (unpaired) electrons. The van der Waals surface area contributed by atoms with E-state index in [9.17, 15) is 9.18 Å². The van der Waals surface area contributed by atoms with Crippen LogP contribution in [0.3, 0.4) is 0 Å². The van der Waals surface area contributed by atoms with E-state index in [1.165, 1.54) is 6.20 Å². The number of carbonyl (C=O) groups excluding carboxylic acids is 1. The van der Waals surface area contributed by atoms with Gasteiger partial charge in [0.05, 0.1) is 22.9 Å². The smallest absolute Gasteiger partial charge is 0.250 e. The molecule has 1 aromatic heterocycles. The number of pyridine rings is 1. The van der Waals surface area contributed by atoms with E-state index in [0.29, 0.717) is 24.0 Å². The van der Waals surface area contributed by atoms with E-state index in [1.807, 2.05) is 52.0 Å². The monoisotopic (exact) mass is 445 g/mol. The predicted molar refractivity (Wildman–Crippen MR) is 125 cm³/mol. The third-order valence-corrected chi connectivity index (χ3v) is 6.97. The predicted octanol–water partition coefficient (Wildman–Crippen LogP) is 5.07. The molecule has 33 heavy (non-hydrogen) atoms. The van der Waals surface area contributed by atoms with Crippen molar-refractivity contribution in [3.8, 4) is 11.1 Å². The zero-order valence-corrected chi connectivity index (χ0v) is 19.6. The van der Waals surface area contributed by atoms with Gasteiger partial charge in [0.2, 0.25) is 0 Å². The molecule has 170 valence electrons. The van der Waals surface area contributed by atoms with Gasteiger partial charge in [0.25, 0.3) is 5.91 Å². The zero-order valence-electron chi connectivity index (χ0n) is 19.6. The van der Waals surface area contributed by atoms with Crippen LogP contribution >= 0.6 is 0 Å². The lowest BCUT2D eigenvalue weighted by molar-refractivity contribution is -0.120. The molecule has 0 saturated heterocycles. The molecule has 1 amide bonds. The number of amides is 1. The average molecular weight is 446 g/mol. The van der Waals surface area contributed by atoms with Crippen molar-refractivity contribution in [2.45, 2.75) is 64.6 Å². The number of halogens is 1. The minimum atomic E-state index is -0.714. The molecule has 2 aromatic rings. The van der Waals surface area contributed by atoms with Crippen molar-refractivity contribution < 1.29 is 9.18 Å². The summed E-state index contributed by atoms with van der Waals surface area (Å²) in [5.41, 5.74) is 5.27. The van der Waals surface area contributed by atoms with Gasteiger partial charge < -0.3 is 10.6 Å². The molecule has 4 heterocycles. The molecule has 5 rings (SSSR count). The molecule has 2 atom stereocenters. The Morgan fingerprint density at radius 3 is 2.76 bits per heavy atom. The molecule has 1 unspecified atom stereocenters. The second-order valence-electron chi connectivity index (χ2n) is 9.77. The Kier molecular flexibility index (Phi) is 4.78. The van der Waals surface area contributed by atoms with E-state index >= 15 is 0 Å². The fraction of sp³-hybridized carbons (Fsp3) is 0.385. The molecule has 2 N–H and O–H groups in total. The van der Waals surface area contributed by atoms with Crippen LogP contribution in [0.5, 0.6) is 0 Å². The summed E-state index contributed by atoms with van der Waals surface area (Å²) in [5, 5.41) is 15.5. The van der Waals surface area contributed by atoms with Gasteiger partial charge in [-0.1, -0.05) is 25.1 Å². The Morgan fingerprint density at radius 1 is 1.21 bits per heavy atom. The van der Waals surface area contributed by atoms with Crippen LogP contribution in [0.25, 0.3) is 11.1 Å². The van der Waals surface area contributed by atoms with E-state index < -0.39 is 5.41 Å². The fourth-order valence-corrected chi connectivity index (χ4v) is 5.64. The number of nitrogens with one attached hydrogen (secondary N) is 2. The lowest BCUT2D eigenvalue weighted by atomic mass is 9.61. The lowest BCUT2D eigenvalue weighted by Gasteiger charge is -2.48. The van der Waals surface area contributed by atoms with Crippen LogP contribution in [0.2, 0.25) is 0 Å². The minimum absolute atomic E-state index is 0.0856. The zero-order chi connectivity index (χ0) is 23.5. The van der Waals surface area contributed by atoms with Gasteiger partial charge in [-0.15, -0.1) is 0 Å². The minimum Gasteiger partial charge on any atom is -0.362 e. The summed E-state index contributed by atoms with van der Waals surface area (Å²) in [6.07, 6.45) is 2.27. The van der Waals surface area contributed by atoms with Crippen LogP contribution in [0.15, 0.2) is 69.3 Å². The number of carbonyl (C=O) groups is 1. The van der Waals surface area contributed by atoms with E-state index in [-0.39, 0.29) is 23.4 Å². The van der Waals surface area contributed by atoms with Crippen LogP contribution in [-0.4, -0.2) is 22.6 Å².